The summed E-state index contributed by atoms with van der Waals surface area (Å²) in [4.78, 5) is 0. The molecule has 0 saturated heterocycles. The molecule has 0 aromatic heterocycles. The van der Waals surface area contributed by atoms with E-state index in [0.717, 1.165) is 16.9 Å². The van der Waals surface area contributed by atoms with Gasteiger partial charge in [-0.05, 0) is 19.1 Å². The van der Waals surface area contributed by atoms with Gasteiger partial charge < -0.3 is 14.6 Å². The molecule has 2 unspecified atom stereocenters. The van der Waals surface area contributed by atoms with Crippen LogP contribution in [0, 0.1) is 12.8 Å². The van der Waals surface area contributed by atoms with Gasteiger partial charge in [-0.2, -0.15) is 0 Å². The zero-order valence-electron chi connectivity index (χ0n) is 10.6. The number of aliphatic hydroxyl groups is 1. The lowest BCUT2D eigenvalue weighted by Crippen LogP contribution is -2.33. The maximum absolute atomic E-state index is 10.2. The first-order valence-corrected chi connectivity index (χ1v) is 6.06. The number of aliphatic hydroxyl groups excluding tert-OH is 1. The van der Waals surface area contributed by atoms with Crippen LogP contribution in [0.3, 0.4) is 0 Å². The largest absolute Gasteiger partial charge is 0.490 e. The average Bonchev–Trinajstić information content (AvgIpc) is 2.30. The van der Waals surface area contributed by atoms with Crippen molar-refractivity contribution in [2.45, 2.75) is 32.5 Å². The highest BCUT2D eigenvalue weighted by atomic mass is 16.5. The van der Waals surface area contributed by atoms with Crippen LogP contribution in [0.15, 0.2) is 18.2 Å². The Morgan fingerprint density at radius 1 is 1.53 bits per heavy atom. The zero-order chi connectivity index (χ0) is 12.4. The van der Waals surface area contributed by atoms with E-state index in [2.05, 4.69) is 6.92 Å². The molecule has 3 nitrogen and oxygen atoms in total. The normalized spacial score (nSPS) is 24.9. The first-order chi connectivity index (χ1) is 8.11. The fraction of sp³-hybridized carbons (Fsp3) is 0.571. The Labute approximate surface area is 102 Å². The standard InChI is InChI=1S/C14H20O3/c1-9-4-5-13-11(6-9)12(15)7-14(17-13)10(2)8-16-3/h4-6,10,12,14-15H,7-8H2,1-3H3/t10?,12-,14?/m0/s1. The van der Waals surface area contributed by atoms with Gasteiger partial charge in [0.15, 0.2) is 0 Å². The van der Waals surface area contributed by atoms with E-state index in [1.807, 2.05) is 25.1 Å². The molecule has 0 radical (unpaired) electrons. The van der Waals surface area contributed by atoms with Crippen molar-refractivity contribution in [2.24, 2.45) is 5.92 Å². The topological polar surface area (TPSA) is 38.7 Å². The predicted octanol–water partition coefficient (Wildman–Crippen LogP) is 2.46. The van der Waals surface area contributed by atoms with Gasteiger partial charge in [0, 0.05) is 25.0 Å². The first-order valence-electron chi connectivity index (χ1n) is 6.06. The maximum atomic E-state index is 10.2. The van der Waals surface area contributed by atoms with Crippen molar-refractivity contribution < 1.29 is 14.6 Å². The molecular weight excluding hydrogens is 216 g/mol. The third-order valence-corrected chi connectivity index (χ3v) is 3.32. The minimum Gasteiger partial charge on any atom is -0.490 e. The fourth-order valence-electron chi connectivity index (χ4n) is 2.31. The van der Waals surface area contributed by atoms with E-state index < -0.39 is 6.10 Å². The van der Waals surface area contributed by atoms with E-state index in [4.69, 9.17) is 9.47 Å². The van der Waals surface area contributed by atoms with E-state index in [1.54, 1.807) is 7.11 Å². The molecule has 3 heteroatoms. The average molecular weight is 236 g/mol. The van der Waals surface area contributed by atoms with Gasteiger partial charge in [-0.3, -0.25) is 0 Å². The molecule has 0 saturated carbocycles. The second-order valence-electron chi connectivity index (χ2n) is 4.88. The van der Waals surface area contributed by atoms with Crippen molar-refractivity contribution in [3.05, 3.63) is 29.3 Å². The summed E-state index contributed by atoms with van der Waals surface area (Å²) in [6.45, 7) is 4.76. The molecule has 0 amide bonds. The smallest absolute Gasteiger partial charge is 0.125 e. The summed E-state index contributed by atoms with van der Waals surface area (Å²) in [5.41, 5.74) is 2.06. The van der Waals surface area contributed by atoms with Crippen LogP contribution in [-0.2, 0) is 4.74 Å². The van der Waals surface area contributed by atoms with Crippen LogP contribution in [0.2, 0.25) is 0 Å². The summed E-state index contributed by atoms with van der Waals surface area (Å²) in [5.74, 6) is 1.09. The van der Waals surface area contributed by atoms with Crippen LogP contribution >= 0.6 is 0 Å². The first kappa shape index (κ1) is 12.4. The summed E-state index contributed by atoms with van der Waals surface area (Å²) < 4.78 is 11.1. The van der Waals surface area contributed by atoms with Gasteiger partial charge in [0.1, 0.15) is 11.9 Å². The van der Waals surface area contributed by atoms with Gasteiger partial charge in [-0.25, -0.2) is 0 Å². The van der Waals surface area contributed by atoms with Crippen molar-refractivity contribution in [3.63, 3.8) is 0 Å². The van der Waals surface area contributed by atoms with E-state index in [1.165, 1.54) is 0 Å². The van der Waals surface area contributed by atoms with Crippen LogP contribution in [0.5, 0.6) is 5.75 Å². The van der Waals surface area contributed by atoms with Crippen LogP contribution < -0.4 is 4.74 Å². The number of ether oxygens (including phenoxy) is 2. The monoisotopic (exact) mass is 236 g/mol. The Hall–Kier alpha value is -1.06. The van der Waals surface area contributed by atoms with Crippen LogP contribution in [0.25, 0.3) is 0 Å². The Morgan fingerprint density at radius 2 is 2.29 bits per heavy atom. The quantitative estimate of drug-likeness (QED) is 0.876. The van der Waals surface area contributed by atoms with Gasteiger partial charge in [0.25, 0.3) is 0 Å². The van der Waals surface area contributed by atoms with Crippen molar-refractivity contribution in [1.82, 2.24) is 0 Å². The van der Waals surface area contributed by atoms with Crippen molar-refractivity contribution in [3.8, 4) is 5.75 Å². The Kier molecular flexibility index (Phi) is 3.69. The number of fused-ring (bicyclic) bond motifs is 1. The lowest BCUT2D eigenvalue weighted by atomic mass is 9.92. The molecule has 1 aromatic rings. The molecule has 17 heavy (non-hydrogen) atoms. The van der Waals surface area contributed by atoms with Crippen molar-refractivity contribution in [2.75, 3.05) is 13.7 Å². The Morgan fingerprint density at radius 3 is 3.00 bits per heavy atom. The second-order valence-corrected chi connectivity index (χ2v) is 4.88. The van der Waals surface area contributed by atoms with E-state index in [0.29, 0.717) is 13.0 Å². The summed E-state index contributed by atoms with van der Waals surface area (Å²) in [6, 6.07) is 5.95. The molecular formula is C14H20O3. The fourth-order valence-corrected chi connectivity index (χ4v) is 2.31. The molecule has 3 atom stereocenters. The van der Waals surface area contributed by atoms with Gasteiger partial charge in [0.05, 0.1) is 12.7 Å². The number of hydrogen-bond donors (Lipinski definition) is 1. The maximum Gasteiger partial charge on any atom is 0.125 e. The van der Waals surface area contributed by atoms with Gasteiger partial charge in [-0.15, -0.1) is 0 Å². The van der Waals surface area contributed by atoms with Crippen LogP contribution in [0.1, 0.15) is 30.6 Å². The number of hydrogen-bond acceptors (Lipinski definition) is 3. The minimum absolute atomic E-state index is 0.0279. The van der Waals surface area contributed by atoms with Gasteiger partial charge >= 0.3 is 0 Å². The zero-order valence-corrected chi connectivity index (χ0v) is 10.6. The minimum atomic E-state index is -0.428. The summed E-state index contributed by atoms with van der Waals surface area (Å²) in [5, 5.41) is 10.2. The summed E-state index contributed by atoms with van der Waals surface area (Å²) >= 11 is 0. The lowest BCUT2D eigenvalue weighted by Gasteiger charge is -2.33. The van der Waals surface area contributed by atoms with Crippen LogP contribution in [0.4, 0.5) is 0 Å². The molecule has 1 heterocycles. The summed E-state index contributed by atoms with van der Waals surface area (Å²) in [7, 11) is 1.69. The predicted molar refractivity (Wildman–Crippen MR) is 66.2 cm³/mol. The third kappa shape index (κ3) is 2.61. The van der Waals surface area contributed by atoms with E-state index in [9.17, 15) is 5.11 Å². The second kappa shape index (κ2) is 5.07. The highest BCUT2D eigenvalue weighted by molar-refractivity contribution is 5.40. The number of rotatable bonds is 3. The molecule has 0 aliphatic carbocycles. The SMILES string of the molecule is COCC(C)C1C[C@H](O)c2cc(C)ccc2O1. The van der Waals surface area contributed by atoms with E-state index >= 15 is 0 Å². The van der Waals surface area contributed by atoms with E-state index in [-0.39, 0.29) is 12.0 Å². The number of aryl methyl sites for hydroxylation is 1. The van der Waals surface area contributed by atoms with Gasteiger partial charge in [-0.1, -0.05) is 18.6 Å². The molecule has 0 fully saturated rings. The van der Waals surface area contributed by atoms with Crippen molar-refractivity contribution >= 4 is 0 Å². The van der Waals surface area contributed by atoms with Gasteiger partial charge in [0.2, 0.25) is 0 Å². The summed E-state index contributed by atoms with van der Waals surface area (Å²) in [6.07, 6.45) is 0.240. The Balaban J connectivity index is 2.18. The third-order valence-electron chi connectivity index (χ3n) is 3.32. The number of methoxy groups -OCH3 is 1. The number of benzene rings is 1. The molecule has 1 aliphatic rings. The molecule has 0 spiro atoms. The molecule has 94 valence electrons. The Bertz CT molecular complexity index is 389. The molecule has 0 bridgehead atoms. The van der Waals surface area contributed by atoms with Crippen LogP contribution in [-0.4, -0.2) is 24.9 Å². The molecule has 1 aliphatic heterocycles. The molecule has 1 N–H and O–H groups in total. The highest BCUT2D eigenvalue weighted by Gasteiger charge is 2.30. The molecule has 1 aromatic carbocycles. The van der Waals surface area contributed by atoms with Crippen molar-refractivity contribution in [1.29, 1.82) is 0 Å². The lowest BCUT2D eigenvalue weighted by molar-refractivity contribution is 0.0136. The highest BCUT2D eigenvalue weighted by Crippen LogP contribution is 2.37. The molecule has 2 rings (SSSR count).